The normalized spacial score (nSPS) is 11.2. The maximum Gasteiger partial charge on any atom is 0.203 e. The van der Waals surface area contributed by atoms with Crippen molar-refractivity contribution in [3.8, 4) is 17.2 Å². The van der Waals surface area contributed by atoms with Gasteiger partial charge in [-0.05, 0) is 32.3 Å². The summed E-state index contributed by atoms with van der Waals surface area (Å²) in [7, 11) is 6.63. The molecule has 0 saturated heterocycles. The molecule has 0 saturated carbocycles. The van der Waals surface area contributed by atoms with Gasteiger partial charge in [0.25, 0.3) is 0 Å². The van der Waals surface area contributed by atoms with E-state index in [-0.39, 0.29) is 0 Å². The first kappa shape index (κ1) is 21.9. The monoisotopic (exact) mass is 367 g/mol. The van der Waals surface area contributed by atoms with Gasteiger partial charge >= 0.3 is 0 Å². The molecule has 0 aliphatic rings. The average Bonchev–Trinajstić information content (AvgIpc) is 2.68. The quantitative estimate of drug-likeness (QED) is 0.335. The second kappa shape index (κ2) is 13.1. The zero-order valence-electron chi connectivity index (χ0n) is 16.7. The molecule has 0 bridgehead atoms. The van der Waals surface area contributed by atoms with E-state index >= 15 is 0 Å². The third kappa shape index (κ3) is 7.00. The number of hydrogen-bond acceptors (Lipinski definition) is 5. The summed E-state index contributed by atoms with van der Waals surface area (Å²) >= 11 is 0. The molecule has 0 unspecified atom stereocenters. The third-order valence-electron chi connectivity index (χ3n) is 3.91. The second-order valence-corrected chi connectivity index (χ2v) is 5.57. The van der Waals surface area contributed by atoms with Gasteiger partial charge in [-0.1, -0.05) is 6.07 Å². The molecule has 7 nitrogen and oxygen atoms in total. The molecule has 0 atom stereocenters. The lowest BCUT2D eigenvalue weighted by Crippen LogP contribution is -2.38. The molecule has 0 aromatic heterocycles. The number of methoxy groups -OCH3 is 3. The van der Waals surface area contributed by atoms with Gasteiger partial charge in [0, 0.05) is 38.9 Å². The topological polar surface area (TPSA) is 73.3 Å². The Kier molecular flexibility index (Phi) is 11.0. The Hall–Kier alpha value is -2.15. The number of aliphatic imine (C=N–C) groups is 1. The molecule has 1 aromatic carbocycles. The Morgan fingerprint density at radius 1 is 0.962 bits per heavy atom. The van der Waals surface area contributed by atoms with Crippen LogP contribution >= 0.6 is 0 Å². The first-order valence-electron chi connectivity index (χ1n) is 9.01. The number of rotatable bonds is 12. The van der Waals surface area contributed by atoms with Crippen LogP contribution in [0.3, 0.4) is 0 Å². The van der Waals surface area contributed by atoms with Crippen LogP contribution in [0.4, 0.5) is 0 Å². The van der Waals surface area contributed by atoms with E-state index in [4.69, 9.17) is 18.9 Å². The Bertz CT molecular complexity index is 550. The van der Waals surface area contributed by atoms with Crippen LogP contribution in [0.15, 0.2) is 17.1 Å². The number of unbranched alkanes of at least 4 members (excludes halogenated alkanes) is 1. The van der Waals surface area contributed by atoms with Crippen molar-refractivity contribution in [3.63, 3.8) is 0 Å². The molecule has 0 aliphatic heterocycles. The van der Waals surface area contributed by atoms with Gasteiger partial charge in [0.2, 0.25) is 5.75 Å². The molecule has 0 fully saturated rings. The van der Waals surface area contributed by atoms with Crippen LogP contribution in [0.1, 0.15) is 25.3 Å². The van der Waals surface area contributed by atoms with Gasteiger partial charge in [0.15, 0.2) is 17.5 Å². The van der Waals surface area contributed by atoms with Crippen molar-refractivity contribution in [2.45, 2.75) is 26.2 Å². The maximum atomic E-state index is 5.51. The van der Waals surface area contributed by atoms with E-state index in [9.17, 15) is 0 Å². The van der Waals surface area contributed by atoms with Gasteiger partial charge in [-0.25, -0.2) is 0 Å². The molecule has 2 N–H and O–H groups in total. The Labute approximate surface area is 157 Å². The lowest BCUT2D eigenvalue weighted by Gasteiger charge is -2.16. The highest BCUT2D eigenvalue weighted by Crippen LogP contribution is 2.39. The molecule has 26 heavy (non-hydrogen) atoms. The van der Waals surface area contributed by atoms with Crippen molar-refractivity contribution >= 4 is 5.96 Å². The van der Waals surface area contributed by atoms with Gasteiger partial charge in [-0.15, -0.1) is 0 Å². The molecular formula is C19H33N3O4. The smallest absolute Gasteiger partial charge is 0.203 e. The fourth-order valence-electron chi connectivity index (χ4n) is 2.58. The SMILES string of the molecule is CCOCCCCNC(=NC)NCCc1ccc(OC)c(OC)c1OC. The Morgan fingerprint density at radius 3 is 2.31 bits per heavy atom. The molecule has 7 heteroatoms. The van der Waals surface area contributed by atoms with Crippen LogP contribution in [0.2, 0.25) is 0 Å². The molecule has 0 spiro atoms. The van der Waals surface area contributed by atoms with Crippen molar-refractivity contribution in [2.75, 3.05) is 54.7 Å². The van der Waals surface area contributed by atoms with Crippen molar-refractivity contribution < 1.29 is 18.9 Å². The molecule has 148 valence electrons. The van der Waals surface area contributed by atoms with Gasteiger partial charge in [0.1, 0.15) is 0 Å². The summed E-state index contributed by atoms with van der Waals surface area (Å²) in [6, 6.07) is 3.88. The number of benzene rings is 1. The molecule has 1 aromatic rings. The summed E-state index contributed by atoms with van der Waals surface area (Å²) in [5.74, 6) is 2.77. The zero-order valence-corrected chi connectivity index (χ0v) is 16.7. The zero-order chi connectivity index (χ0) is 19.2. The van der Waals surface area contributed by atoms with Crippen LogP contribution in [0.25, 0.3) is 0 Å². The van der Waals surface area contributed by atoms with E-state index in [1.807, 2.05) is 19.1 Å². The summed E-state index contributed by atoms with van der Waals surface area (Å²) in [6.07, 6.45) is 2.86. The Balaban J connectivity index is 2.48. The largest absolute Gasteiger partial charge is 0.493 e. The summed E-state index contributed by atoms with van der Waals surface area (Å²) in [4.78, 5) is 4.24. The first-order valence-corrected chi connectivity index (χ1v) is 9.01. The van der Waals surface area contributed by atoms with Gasteiger partial charge < -0.3 is 29.6 Å². The minimum absolute atomic E-state index is 0.615. The van der Waals surface area contributed by atoms with Crippen molar-refractivity contribution in [3.05, 3.63) is 17.7 Å². The van der Waals surface area contributed by atoms with Gasteiger partial charge in [-0.3, -0.25) is 4.99 Å². The number of ether oxygens (including phenoxy) is 4. The number of nitrogens with zero attached hydrogens (tertiary/aromatic N) is 1. The van der Waals surface area contributed by atoms with Crippen LogP contribution in [0.5, 0.6) is 17.2 Å². The van der Waals surface area contributed by atoms with Crippen molar-refractivity contribution in [2.24, 2.45) is 4.99 Å². The lowest BCUT2D eigenvalue weighted by atomic mass is 10.1. The average molecular weight is 367 g/mol. The van der Waals surface area contributed by atoms with Crippen LogP contribution in [-0.4, -0.2) is 60.6 Å². The highest BCUT2D eigenvalue weighted by molar-refractivity contribution is 5.79. The van der Waals surface area contributed by atoms with E-state index in [2.05, 4.69) is 15.6 Å². The standard InChI is InChI=1S/C19H33N3O4/c1-6-26-14-8-7-12-21-19(20-2)22-13-11-15-9-10-16(23-3)18(25-5)17(15)24-4/h9-10H,6-8,11-14H2,1-5H3,(H2,20,21,22). The van der Waals surface area contributed by atoms with Crippen molar-refractivity contribution in [1.29, 1.82) is 0 Å². The Morgan fingerprint density at radius 2 is 1.69 bits per heavy atom. The van der Waals surface area contributed by atoms with Crippen LogP contribution in [0, 0.1) is 0 Å². The number of hydrogen-bond donors (Lipinski definition) is 2. The van der Waals surface area contributed by atoms with Crippen LogP contribution < -0.4 is 24.8 Å². The van der Waals surface area contributed by atoms with Crippen LogP contribution in [-0.2, 0) is 11.2 Å². The highest BCUT2D eigenvalue weighted by Gasteiger charge is 2.15. The van der Waals surface area contributed by atoms with Gasteiger partial charge in [-0.2, -0.15) is 0 Å². The summed E-state index contributed by atoms with van der Waals surface area (Å²) in [6.45, 7) is 5.19. The van der Waals surface area contributed by atoms with E-state index in [1.54, 1.807) is 28.4 Å². The fraction of sp³-hybridized carbons (Fsp3) is 0.632. The summed E-state index contributed by atoms with van der Waals surface area (Å²) in [5, 5.41) is 6.63. The minimum Gasteiger partial charge on any atom is -0.493 e. The van der Waals surface area contributed by atoms with E-state index in [0.29, 0.717) is 17.2 Å². The second-order valence-electron chi connectivity index (χ2n) is 5.57. The molecule has 0 aliphatic carbocycles. The third-order valence-corrected chi connectivity index (χ3v) is 3.91. The highest BCUT2D eigenvalue weighted by atomic mass is 16.5. The summed E-state index contributed by atoms with van der Waals surface area (Å²) in [5.41, 5.74) is 1.05. The number of guanidine groups is 1. The maximum absolute atomic E-state index is 5.51. The molecular weight excluding hydrogens is 334 g/mol. The van der Waals surface area contributed by atoms with Crippen molar-refractivity contribution in [1.82, 2.24) is 10.6 Å². The molecule has 1 rings (SSSR count). The molecule has 0 heterocycles. The minimum atomic E-state index is 0.615. The fourth-order valence-corrected chi connectivity index (χ4v) is 2.58. The summed E-state index contributed by atoms with van der Waals surface area (Å²) < 4.78 is 21.6. The molecule has 0 amide bonds. The lowest BCUT2D eigenvalue weighted by molar-refractivity contribution is 0.143. The first-order chi connectivity index (χ1) is 12.7. The van der Waals surface area contributed by atoms with E-state index in [1.165, 1.54) is 0 Å². The van der Waals surface area contributed by atoms with E-state index in [0.717, 1.165) is 57.1 Å². The molecule has 0 radical (unpaired) electrons. The predicted octanol–water partition coefficient (Wildman–Crippen LogP) is 2.24. The number of nitrogens with one attached hydrogen (secondary N) is 2. The van der Waals surface area contributed by atoms with Gasteiger partial charge in [0.05, 0.1) is 21.3 Å². The van der Waals surface area contributed by atoms with E-state index < -0.39 is 0 Å². The predicted molar refractivity (Wildman–Crippen MR) is 105 cm³/mol.